The molecule has 1 aliphatic heterocycles. The zero-order valence-corrected chi connectivity index (χ0v) is 14.7. The van der Waals surface area contributed by atoms with Crippen LogP contribution in [0.5, 0.6) is 5.75 Å². The van der Waals surface area contributed by atoms with Gasteiger partial charge in [-0.1, -0.05) is 12.1 Å². The van der Waals surface area contributed by atoms with Crippen molar-refractivity contribution >= 4 is 11.8 Å². The molecule has 2 atom stereocenters. The topological polar surface area (TPSA) is 52.6 Å². The summed E-state index contributed by atoms with van der Waals surface area (Å²) >= 11 is 0. The summed E-state index contributed by atoms with van der Waals surface area (Å²) in [5.41, 5.74) is 4.69. The van der Waals surface area contributed by atoms with Crippen LogP contribution in [-0.4, -0.2) is 17.9 Å². The molecule has 0 fully saturated rings. The minimum absolute atomic E-state index is 0.0466. The highest BCUT2D eigenvalue weighted by Gasteiger charge is 2.37. The lowest BCUT2D eigenvalue weighted by atomic mass is 9.80. The van der Waals surface area contributed by atoms with E-state index in [0.717, 1.165) is 28.0 Å². The zero-order chi connectivity index (χ0) is 17.6. The highest BCUT2D eigenvalue weighted by Crippen LogP contribution is 2.41. The number of hydrogen-bond donors (Lipinski definition) is 0. The monoisotopic (exact) mass is 326 g/mol. The highest BCUT2D eigenvalue weighted by atomic mass is 16.5. The number of hydrogen-bond acceptors (Lipinski definition) is 4. The molecule has 0 amide bonds. The number of carbonyl (C=O) groups excluding carboxylic acids is 2. The summed E-state index contributed by atoms with van der Waals surface area (Å²) in [7, 11) is 0. The molecule has 0 saturated carbocycles. The van der Waals surface area contributed by atoms with E-state index in [4.69, 9.17) is 9.47 Å². The number of fused-ring (bicyclic) bond motifs is 2. The van der Waals surface area contributed by atoms with E-state index in [-0.39, 0.29) is 17.7 Å². The lowest BCUT2D eigenvalue weighted by Crippen LogP contribution is -2.32. The summed E-state index contributed by atoms with van der Waals surface area (Å²) in [5.74, 6) is 0.903. The van der Waals surface area contributed by atoms with E-state index < -0.39 is 6.10 Å². The Kier molecular flexibility index (Phi) is 4.08. The van der Waals surface area contributed by atoms with Crippen LogP contribution in [0.2, 0.25) is 0 Å². The predicted molar refractivity (Wildman–Crippen MR) is 90.8 cm³/mol. The highest BCUT2D eigenvalue weighted by molar-refractivity contribution is 6.01. The van der Waals surface area contributed by atoms with Gasteiger partial charge in [0.15, 0.2) is 5.78 Å². The number of ether oxygens (including phenoxy) is 2. The minimum Gasteiger partial charge on any atom is -0.460 e. The van der Waals surface area contributed by atoms with Gasteiger partial charge >= 0.3 is 5.97 Å². The molecular formula is C20H22O4. The first-order valence-corrected chi connectivity index (χ1v) is 8.20. The Morgan fingerprint density at radius 2 is 2.00 bits per heavy atom. The van der Waals surface area contributed by atoms with E-state index in [9.17, 15) is 9.59 Å². The normalized spacial score (nSPS) is 20.6. The van der Waals surface area contributed by atoms with Crippen LogP contribution in [0.25, 0.3) is 0 Å². The fourth-order valence-electron chi connectivity index (χ4n) is 3.41. The van der Waals surface area contributed by atoms with Crippen molar-refractivity contribution < 1.29 is 19.1 Å². The third-order valence-electron chi connectivity index (χ3n) is 4.94. The van der Waals surface area contributed by atoms with Gasteiger partial charge in [-0.3, -0.25) is 9.59 Å². The van der Waals surface area contributed by atoms with Crippen LogP contribution < -0.4 is 4.74 Å². The van der Waals surface area contributed by atoms with E-state index in [2.05, 4.69) is 6.07 Å². The Bertz CT molecular complexity index is 798. The van der Waals surface area contributed by atoms with Crippen LogP contribution in [0.4, 0.5) is 0 Å². The molecule has 4 heteroatoms. The van der Waals surface area contributed by atoms with E-state index in [1.807, 2.05) is 26.0 Å². The Morgan fingerprint density at radius 1 is 1.29 bits per heavy atom. The third-order valence-corrected chi connectivity index (χ3v) is 4.94. The summed E-state index contributed by atoms with van der Waals surface area (Å²) in [4.78, 5) is 24.0. The van der Waals surface area contributed by atoms with E-state index in [1.165, 1.54) is 6.92 Å². The molecule has 1 aromatic carbocycles. The molecule has 1 aromatic rings. The SMILES string of the molecule is CC(=O)OC(C)C1=C(C)C(=O)C2Cc3ccc(C)c(C)c3OC2=C1. The third kappa shape index (κ3) is 2.66. The van der Waals surface area contributed by atoms with Crippen molar-refractivity contribution in [3.63, 3.8) is 0 Å². The van der Waals surface area contributed by atoms with Crippen molar-refractivity contribution in [2.45, 2.75) is 47.1 Å². The number of benzene rings is 1. The maximum absolute atomic E-state index is 12.8. The van der Waals surface area contributed by atoms with Gasteiger partial charge in [0.05, 0.1) is 5.92 Å². The second-order valence-corrected chi connectivity index (χ2v) is 6.60. The summed E-state index contributed by atoms with van der Waals surface area (Å²) in [6.45, 7) is 9.01. The summed E-state index contributed by atoms with van der Waals surface area (Å²) in [6.07, 6.45) is 2.05. The van der Waals surface area contributed by atoms with Crippen molar-refractivity contribution in [3.8, 4) is 5.75 Å². The average molecular weight is 326 g/mol. The smallest absolute Gasteiger partial charge is 0.303 e. The number of allylic oxidation sites excluding steroid dienone is 2. The standard InChI is InChI=1S/C20H22O4/c1-10-6-7-15-8-17-18(24-20(15)11(10)2)9-16(12(3)19(17)22)13(4)23-14(5)21/h6-7,9,13,17H,8H2,1-5H3. The lowest BCUT2D eigenvalue weighted by Gasteiger charge is -2.32. The molecule has 0 N–H and O–H groups in total. The predicted octanol–water partition coefficient (Wildman–Crippen LogP) is 3.59. The van der Waals surface area contributed by atoms with Gasteiger partial charge in [0, 0.05) is 12.5 Å². The van der Waals surface area contributed by atoms with Gasteiger partial charge in [0.2, 0.25) is 0 Å². The Hall–Kier alpha value is -2.36. The van der Waals surface area contributed by atoms with Gasteiger partial charge in [-0.2, -0.15) is 0 Å². The van der Waals surface area contributed by atoms with Crippen molar-refractivity contribution in [1.29, 1.82) is 0 Å². The minimum atomic E-state index is -0.469. The summed E-state index contributed by atoms with van der Waals surface area (Å²) in [5, 5.41) is 0. The molecule has 2 aliphatic rings. The second-order valence-electron chi connectivity index (χ2n) is 6.60. The molecule has 0 bridgehead atoms. The molecule has 4 nitrogen and oxygen atoms in total. The molecule has 1 aliphatic carbocycles. The Balaban J connectivity index is 2.02. The fraction of sp³-hybridized carbons (Fsp3) is 0.400. The number of carbonyl (C=O) groups is 2. The molecule has 1 heterocycles. The fourth-order valence-corrected chi connectivity index (χ4v) is 3.41. The molecule has 0 aromatic heterocycles. The second kappa shape index (κ2) is 5.93. The molecule has 0 saturated heterocycles. The van der Waals surface area contributed by atoms with Crippen LogP contribution in [0.1, 0.15) is 37.5 Å². The van der Waals surface area contributed by atoms with Gasteiger partial charge in [0.1, 0.15) is 17.6 Å². The Labute approximate surface area is 142 Å². The van der Waals surface area contributed by atoms with Crippen molar-refractivity contribution in [1.82, 2.24) is 0 Å². The molecule has 3 rings (SSSR count). The molecule has 126 valence electrons. The van der Waals surface area contributed by atoms with Crippen LogP contribution in [0.15, 0.2) is 35.1 Å². The largest absolute Gasteiger partial charge is 0.460 e. The van der Waals surface area contributed by atoms with E-state index >= 15 is 0 Å². The van der Waals surface area contributed by atoms with Crippen molar-refractivity contribution in [2.24, 2.45) is 5.92 Å². The van der Waals surface area contributed by atoms with E-state index in [1.54, 1.807) is 13.8 Å². The van der Waals surface area contributed by atoms with Gasteiger partial charge in [-0.15, -0.1) is 0 Å². The molecule has 0 radical (unpaired) electrons. The number of Topliss-reactive ketones (excluding diaryl/α,β-unsaturated/α-hetero) is 1. The van der Waals surface area contributed by atoms with Gasteiger partial charge in [0.25, 0.3) is 0 Å². The first-order chi connectivity index (χ1) is 11.3. The van der Waals surface area contributed by atoms with Gasteiger partial charge < -0.3 is 9.47 Å². The summed E-state index contributed by atoms with van der Waals surface area (Å²) in [6, 6.07) is 4.11. The molecule has 0 spiro atoms. The van der Waals surface area contributed by atoms with Gasteiger partial charge in [-0.05, 0) is 62.5 Å². The molecular weight excluding hydrogens is 304 g/mol. The van der Waals surface area contributed by atoms with Crippen molar-refractivity contribution in [3.05, 3.63) is 51.8 Å². The first kappa shape index (κ1) is 16.5. The van der Waals surface area contributed by atoms with E-state index in [0.29, 0.717) is 17.8 Å². The maximum atomic E-state index is 12.8. The van der Waals surface area contributed by atoms with Crippen LogP contribution in [-0.2, 0) is 20.7 Å². The Morgan fingerprint density at radius 3 is 2.67 bits per heavy atom. The molecule has 2 unspecified atom stereocenters. The van der Waals surface area contributed by atoms with Crippen molar-refractivity contribution in [2.75, 3.05) is 0 Å². The number of ketones is 1. The zero-order valence-electron chi connectivity index (χ0n) is 14.7. The van der Waals surface area contributed by atoms with Gasteiger partial charge in [-0.25, -0.2) is 0 Å². The quantitative estimate of drug-likeness (QED) is 0.779. The maximum Gasteiger partial charge on any atom is 0.303 e. The molecule has 24 heavy (non-hydrogen) atoms. The van der Waals surface area contributed by atoms with Crippen LogP contribution in [0, 0.1) is 19.8 Å². The number of rotatable bonds is 2. The average Bonchev–Trinajstić information content (AvgIpc) is 2.53. The van der Waals surface area contributed by atoms with Crippen LogP contribution in [0.3, 0.4) is 0 Å². The lowest BCUT2D eigenvalue weighted by molar-refractivity contribution is -0.143. The first-order valence-electron chi connectivity index (χ1n) is 8.20. The number of esters is 1. The number of aryl methyl sites for hydroxylation is 1. The summed E-state index contributed by atoms with van der Waals surface area (Å²) < 4.78 is 11.4. The van der Waals surface area contributed by atoms with Crippen LogP contribution >= 0.6 is 0 Å².